The summed E-state index contributed by atoms with van der Waals surface area (Å²) in [6, 6.07) is 9.00. The number of hydrogen-bond acceptors (Lipinski definition) is 5. The molecule has 0 bridgehead atoms. The van der Waals surface area contributed by atoms with E-state index in [0.29, 0.717) is 59.6 Å². The van der Waals surface area contributed by atoms with Gasteiger partial charge in [-0.3, -0.25) is 9.20 Å². The number of rotatable bonds is 8. The van der Waals surface area contributed by atoms with Crippen molar-refractivity contribution in [3.05, 3.63) is 47.9 Å². The predicted molar refractivity (Wildman–Crippen MR) is 108 cm³/mol. The number of carbonyl (C=O) groups excluding carboxylic acids is 1. The number of aryl methyl sites for hydroxylation is 1. The molecule has 0 atom stereocenters. The highest BCUT2D eigenvalue weighted by molar-refractivity contribution is 6.04. The van der Waals surface area contributed by atoms with Crippen LogP contribution in [0.15, 0.2) is 36.5 Å². The summed E-state index contributed by atoms with van der Waals surface area (Å²) in [6.45, 7) is 6.83. The van der Waals surface area contributed by atoms with Gasteiger partial charge in [-0.1, -0.05) is 6.92 Å². The minimum atomic E-state index is -0.246. The Bertz CT molecular complexity index is 981. The van der Waals surface area contributed by atoms with Gasteiger partial charge in [-0.2, -0.15) is 0 Å². The molecule has 1 aromatic carbocycles. The third-order valence-corrected chi connectivity index (χ3v) is 4.26. The van der Waals surface area contributed by atoms with Crippen molar-refractivity contribution in [2.24, 2.45) is 0 Å². The number of methoxy groups -OCH3 is 1. The lowest BCUT2D eigenvalue weighted by atomic mass is 10.2. The van der Waals surface area contributed by atoms with Crippen LogP contribution in [0.5, 0.6) is 17.2 Å². The molecule has 1 amide bonds. The second-order valence-corrected chi connectivity index (χ2v) is 6.01. The zero-order chi connectivity index (χ0) is 20.1. The Labute approximate surface area is 164 Å². The Balaban J connectivity index is 1.96. The summed E-state index contributed by atoms with van der Waals surface area (Å²) in [5.41, 5.74) is 2.44. The Morgan fingerprint density at radius 3 is 2.50 bits per heavy atom. The largest absolute Gasteiger partial charge is 0.493 e. The van der Waals surface area contributed by atoms with Gasteiger partial charge in [-0.15, -0.1) is 0 Å². The maximum Gasteiger partial charge on any atom is 0.274 e. The summed E-state index contributed by atoms with van der Waals surface area (Å²) < 4.78 is 18.3. The van der Waals surface area contributed by atoms with Crippen LogP contribution in [0.2, 0.25) is 0 Å². The average molecular weight is 383 g/mol. The van der Waals surface area contributed by atoms with E-state index in [4.69, 9.17) is 14.2 Å². The van der Waals surface area contributed by atoms with Crippen LogP contribution < -0.4 is 19.5 Å². The number of amides is 1. The third-order valence-electron chi connectivity index (χ3n) is 4.26. The normalized spacial score (nSPS) is 10.7. The van der Waals surface area contributed by atoms with E-state index in [9.17, 15) is 4.79 Å². The third kappa shape index (κ3) is 3.74. The van der Waals surface area contributed by atoms with Gasteiger partial charge >= 0.3 is 0 Å². The summed E-state index contributed by atoms with van der Waals surface area (Å²) in [7, 11) is 1.59. The molecule has 7 nitrogen and oxygen atoms in total. The van der Waals surface area contributed by atoms with Crippen LogP contribution >= 0.6 is 0 Å². The number of aromatic nitrogens is 2. The smallest absolute Gasteiger partial charge is 0.274 e. The first kappa shape index (κ1) is 19.5. The lowest BCUT2D eigenvalue weighted by molar-refractivity contribution is 0.102. The number of hydrogen-bond donors (Lipinski definition) is 1. The number of nitrogens with zero attached hydrogens (tertiary/aromatic N) is 2. The molecule has 2 aromatic heterocycles. The van der Waals surface area contributed by atoms with E-state index in [1.807, 2.05) is 39.1 Å². The zero-order valence-corrected chi connectivity index (χ0v) is 16.6. The number of anilines is 1. The first-order valence-corrected chi connectivity index (χ1v) is 9.37. The van der Waals surface area contributed by atoms with Gasteiger partial charge in [0.05, 0.1) is 26.0 Å². The topological polar surface area (TPSA) is 74.1 Å². The molecule has 0 aliphatic carbocycles. The minimum absolute atomic E-state index is 0.246. The highest BCUT2D eigenvalue weighted by atomic mass is 16.5. The second-order valence-electron chi connectivity index (χ2n) is 6.01. The highest BCUT2D eigenvalue weighted by Gasteiger charge is 2.20. The Morgan fingerprint density at radius 2 is 1.82 bits per heavy atom. The Kier molecular flexibility index (Phi) is 6.03. The number of benzene rings is 1. The molecule has 0 fully saturated rings. The predicted octanol–water partition coefficient (Wildman–Crippen LogP) is 3.96. The van der Waals surface area contributed by atoms with Crippen LogP contribution in [0, 0.1) is 0 Å². The Morgan fingerprint density at radius 1 is 1.07 bits per heavy atom. The van der Waals surface area contributed by atoms with E-state index < -0.39 is 0 Å². The second kappa shape index (κ2) is 8.65. The summed E-state index contributed by atoms with van der Waals surface area (Å²) >= 11 is 0. The van der Waals surface area contributed by atoms with Crippen molar-refractivity contribution in [2.75, 3.05) is 25.6 Å². The molecule has 3 rings (SSSR count). The molecule has 28 heavy (non-hydrogen) atoms. The van der Waals surface area contributed by atoms with Crippen molar-refractivity contribution in [1.82, 2.24) is 9.38 Å². The van der Waals surface area contributed by atoms with Gasteiger partial charge in [0.2, 0.25) is 0 Å². The van der Waals surface area contributed by atoms with Crippen molar-refractivity contribution in [1.29, 1.82) is 0 Å². The molecule has 0 saturated heterocycles. The molecule has 148 valence electrons. The zero-order valence-electron chi connectivity index (χ0n) is 16.6. The van der Waals surface area contributed by atoms with Crippen LogP contribution in [0.4, 0.5) is 5.69 Å². The summed E-state index contributed by atoms with van der Waals surface area (Å²) in [4.78, 5) is 17.6. The fourth-order valence-electron chi connectivity index (χ4n) is 3.06. The number of carbonyl (C=O) groups is 1. The van der Waals surface area contributed by atoms with E-state index in [1.165, 1.54) is 0 Å². The highest BCUT2D eigenvalue weighted by Crippen LogP contribution is 2.31. The molecule has 0 aliphatic heterocycles. The van der Waals surface area contributed by atoms with Crippen molar-refractivity contribution in [2.45, 2.75) is 27.2 Å². The summed E-state index contributed by atoms with van der Waals surface area (Å²) in [5, 5.41) is 2.94. The van der Waals surface area contributed by atoms with Gasteiger partial charge in [0, 0.05) is 18.0 Å². The molecule has 2 heterocycles. The summed E-state index contributed by atoms with van der Waals surface area (Å²) in [5.74, 6) is 1.62. The standard InChI is InChI=1S/C21H25N3O4/c1-5-15-19(24-12-8-9-17(26-4)20(24)23-15)21(25)22-14-10-11-16(27-6-2)18(13-14)28-7-3/h8-13H,5-7H2,1-4H3,(H,22,25). The fraction of sp³-hybridized carbons (Fsp3) is 0.333. The number of nitrogens with one attached hydrogen (secondary N) is 1. The molecule has 0 aliphatic rings. The van der Waals surface area contributed by atoms with E-state index in [2.05, 4.69) is 10.3 Å². The van der Waals surface area contributed by atoms with Crippen LogP contribution in [0.3, 0.4) is 0 Å². The monoisotopic (exact) mass is 383 g/mol. The quantitative estimate of drug-likeness (QED) is 0.637. The van der Waals surface area contributed by atoms with E-state index in [1.54, 1.807) is 29.7 Å². The van der Waals surface area contributed by atoms with Gasteiger partial charge in [0.1, 0.15) is 5.69 Å². The van der Waals surface area contributed by atoms with Crippen LogP contribution in [0.1, 0.15) is 37.0 Å². The Hall–Kier alpha value is -3.22. The molecular formula is C21H25N3O4. The number of fused-ring (bicyclic) bond motifs is 1. The first-order chi connectivity index (χ1) is 13.6. The van der Waals surface area contributed by atoms with Gasteiger partial charge in [0.25, 0.3) is 5.91 Å². The van der Waals surface area contributed by atoms with Crippen LogP contribution in [-0.2, 0) is 6.42 Å². The number of pyridine rings is 1. The lowest BCUT2D eigenvalue weighted by Crippen LogP contribution is -2.16. The SMILES string of the molecule is CCOc1ccc(NC(=O)c2c(CC)nc3c(OC)cccn23)cc1OCC. The van der Waals surface area contributed by atoms with E-state index >= 15 is 0 Å². The molecular weight excluding hydrogens is 358 g/mol. The van der Waals surface area contributed by atoms with Crippen molar-refractivity contribution in [3.63, 3.8) is 0 Å². The molecule has 3 aromatic rings. The van der Waals surface area contributed by atoms with E-state index in [0.717, 1.165) is 0 Å². The molecule has 0 spiro atoms. The maximum absolute atomic E-state index is 13.1. The van der Waals surface area contributed by atoms with Crippen molar-refractivity contribution >= 4 is 17.2 Å². The molecule has 0 saturated carbocycles. The van der Waals surface area contributed by atoms with Gasteiger partial charge < -0.3 is 19.5 Å². The molecule has 7 heteroatoms. The van der Waals surface area contributed by atoms with Gasteiger partial charge in [0.15, 0.2) is 22.9 Å². The molecule has 0 unspecified atom stereocenters. The van der Waals surface area contributed by atoms with Crippen molar-refractivity contribution in [3.8, 4) is 17.2 Å². The fourth-order valence-corrected chi connectivity index (χ4v) is 3.06. The lowest BCUT2D eigenvalue weighted by Gasteiger charge is -2.13. The first-order valence-electron chi connectivity index (χ1n) is 9.37. The maximum atomic E-state index is 13.1. The molecule has 1 N–H and O–H groups in total. The average Bonchev–Trinajstić information content (AvgIpc) is 3.09. The van der Waals surface area contributed by atoms with Crippen LogP contribution in [0.25, 0.3) is 5.65 Å². The van der Waals surface area contributed by atoms with Crippen LogP contribution in [-0.4, -0.2) is 35.6 Å². The molecule has 0 radical (unpaired) electrons. The van der Waals surface area contributed by atoms with E-state index in [-0.39, 0.29) is 5.91 Å². The number of ether oxygens (including phenoxy) is 3. The van der Waals surface area contributed by atoms with Gasteiger partial charge in [-0.25, -0.2) is 4.98 Å². The summed E-state index contributed by atoms with van der Waals surface area (Å²) in [6.07, 6.45) is 2.43. The minimum Gasteiger partial charge on any atom is -0.493 e. The van der Waals surface area contributed by atoms with Gasteiger partial charge in [-0.05, 0) is 44.5 Å². The number of imidazole rings is 1. The van der Waals surface area contributed by atoms with Crippen molar-refractivity contribution < 1.29 is 19.0 Å².